The topological polar surface area (TPSA) is 63.0 Å². The van der Waals surface area contributed by atoms with Crippen LogP contribution in [0, 0.1) is 0 Å². The van der Waals surface area contributed by atoms with E-state index >= 15 is 0 Å². The molecule has 0 bridgehead atoms. The fourth-order valence-corrected chi connectivity index (χ4v) is 3.21. The van der Waals surface area contributed by atoms with E-state index in [2.05, 4.69) is 32.1 Å². The molecule has 6 heteroatoms. The molecule has 2 heterocycles. The third-order valence-corrected chi connectivity index (χ3v) is 4.42. The van der Waals surface area contributed by atoms with Crippen LogP contribution < -0.4 is 10.6 Å². The molecule has 23 heavy (non-hydrogen) atoms. The van der Waals surface area contributed by atoms with E-state index in [0.717, 1.165) is 36.4 Å². The van der Waals surface area contributed by atoms with Crippen molar-refractivity contribution in [2.24, 2.45) is 0 Å². The predicted octanol–water partition coefficient (Wildman–Crippen LogP) is 4.35. The molecule has 0 radical (unpaired) electrons. The number of nitrogens with zero attached hydrogens (tertiary/aromatic N) is 2. The molecule has 2 aromatic carbocycles. The maximum absolute atomic E-state index is 5.62. The van der Waals surface area contributed by atoms with Crippen molar-refractivity contribution in [3.05, 3.63) is 48.5 Å². The van der Waals surface area contributed by atoms with Crippen molar-refractivity contribution in [1.29, 1.82) is 0 Å². The number of aromatic nitrogens is 2. The lowest BCUT2D eigenvalue weighted by molar-refractivity contribution is 0.613. The summed E-state index contributed by atoms with van der Waals surface area (Å²) in [6.07, 6.45) is 0.949. The highest BCUT2D eigenvalue weighted by Gasteiger charge is 2.05. The van der Waals surface area contributed by atoms with E-state index in [1.807, 2.05) is 36.4 Å². The molecule has 0 atom stereocenters. The summed E-state index contributed by atoms with van der Waals surface area (Å²) in [7, 11) is 0. The molecule has 0 fully saturated rings. The molecular weight excluding hydrogens is 308 g/mol. The van der Waals surface area contributed by atoms with E-state index in [1.165, 1.54) is 21.6 Å². The maximum Gasteiger partial charge on any atom is 0.295 e. The van der Waals surface area contributed by atoms with Crippen LogP contribution >= 0.6 is 11.5 Å². The van der Waals surface area contributed by atoms with Crippen LogP contribution in [0.3, 0.4) is 0 Å². The summed E-state index contributed by atoms with van der Waals surface area (Å²) in [6, 6.07) is 16.6. The molecule has 0 saturated carbocycles. The van der Waals surface area contributed by atoms with Gasteiger partial charge in [0.15, 0.2) is 5.58 Å². The first-order valence-electron chi connectivity index (χ1n) is 7.58. The molecule has 0 aliphatic rings. The number of hydrogen-bond donors (Lipinski definition) is 2. The Morgan fingerprint density at radius 3 is 2.74 bits per heavy atom. The summed E-state index contributed by atoms with van der Waals surface area (Å²) in [5.74, 6) is 0.965. The average molecular weight is 324 g/mol. The van der Waals surface area contributed by atoms with Crippen LogP contribution in [0.25, 0.3) is 21.2 Å². The third kappa shape index (κ3) is 2.98. The van der Waals surface area contributed by atoms with Gasteiger partial charge in [-0.05, 0) is 42.2 Å². The molecule has 0 amide bonds. The Balaban J connectivity index is 1.29. The van der Waals surface area contributed by atoms with Crippen LogP contribution in [0.2, 0.25) is 0 Å². The third-order valence-electron chi connectivity index (χ3n) is 3.59. The lowest BCUT2D eigenvalue weighted by atomic mass is 10.2. The van der Waals surface area contributed by atoms with E-state index in [9.17, 15) is 0 Å². The zero-order valence-electron chi connectivity index (χ0n) is 12.5. The zero-order valence-corrected chi connectivity index (χ0v) is 13.3. The molecule has 2 aromatic heterocycles. The van der Waals surface area contributed by atoms with Gasteiger partial charge in [0.25, 0.3) is 6.01 Å². The van der Waals surface area contributed by atoms with E-state index in [4.69, 9.17) is 4.42 Å². The molecule has 4 rings (SSSR count). The molecule has 116 valence electrons. The van der Waals surface area contributed by atoms with Crippen LogP contribution in [0.4, 0.5) is 11.8 Å². The maximum atomic E-state index is 5.62. The first-order valence-corrected chi connectivity index (χ1v) is 8.35. The Kier molecular flexibility index (Phi) is 3.81. The van der Waals surface area contributed by atoms with Crippen LogP contribution in [0.15, 0.2) is 52.9 Å². The monoisotopic (exact) mass is 324 g/mol. The smallest absolute Gasteiger partial charge is 0.295 e. The fraction of sp³-hybridized carbons (Fsp3) is 0.176. The second-order valence-electron chi connectivity index (χ2n) is 5.22. The normalized spacial score (nSPS) is 11.1. The van der Waals surface area contributed by atoms with Crippen molar-refractivity contribution < 1.29 is 4.42 Å². The van der Waals surface area contributed by atoms with Crippen molar-refractivity contribution in [1.82, 2.24) is 9.36 Å². The van der Waals surface area contributed by atoms with E-state index in [-0.39, 0.29) is 0 Å². The van der Waals surface area contributed by atoms with Crippen molar-refractivity contribution in [2.45, 2.75) is 6.42 Å². The number of anilines is 2. The number of benzene rings is 2. The minimum Gasteiger partial charge on any atom is -0.424 e. The quantitative estimate of drug-likeness (QED) is 0.516. The van der Waals surface area contributed by atoms with Gasteiger partial charge in [-0.3, -0.25) is 0 Å². The van der Waals surface area contributed by atoms with Gasteiger partial charge in [-0.25, -0.2) is 0 Å². The minimum atomic E-state index is 0.574. The van der Waals surface area contributed by atoms with Crippen molar-refractivity contribution >= 4 is 44.6 Å². The van der Waals surface area contributed by atoms with Gasteiger partial charge < -0.3 is 15.1 Å². The molecule has 0 aliphatic heterocycles. The number of nitrogens with one attached hydrogen (secondary N) is 2. The Hall–Kier alpha value is -2.60. The number of para-hydroxylation sites is 2. The molecular formula is C17H16N4OS. The highest BCUT2D eigenvalue weighted by atomic mass is 32.1. The summed E-state index contributed by atoms with van der Waals surface area (Å²) in [6.45, 7) is 1.64. The second-order valence-corrected chi connectivity index (χ2v) is 6.03. The minimum absolute atomic E-state index is 0.574. The first-order chi connectivity index (χ1) is 11.4. The van der Waals surface area contributed by atoms with Gasteiger partial charge in [-0.2, -0.15) is 9.36 Å². The second kappa shape index (κ2) is 6.26. The molecule has 2 N–H and O–H groups in total. The van der Waals surface area contributed by atoms with Gasteiger partial charge in [0.1, 0.15) is 11.3 Å². The van der Waals surface area contributed by atoms with Gasteiger partial charge >= 0.3 is 0 Å². The number of rotatable bonds is 6. The Morgan fingerprint density at radius 1 is 0.957 bits per heavy atom. The number of hydrogen-bond acceptors (Lipinski definition) is 6. The summed E-state index contributed by atoms with van der Waals surface area (Å²) < 4.78 is 11.3. The summed E-state index contributed by atoms with van der Waals surface area (Å²) >= 11 is 1.52. The van der Waals surface area contributed by atoms with Gasteiger partial charge in [-0.1, -0.05) is 24.3 Å². The lowest BCUT2D eigenvalue weighted by Gasteiger charge is -2.04. The largest absolute Gasteiger partial charge is 0.424 e. The van der Waals surface area contributed by atoms with Crippen molar-refractivity contribution in [3.63, 3.8) is 0 Å². The average Bonchev–Trinajstić information content (AvgIpc) is 3.18. The van der Waals surface area contributed by atoms with Crippen molar-refractivity contribution in [2.75, 3.05) is 23.7 Å². The zero-order chi connectivity index (χ0) is 15.5. The van der Waals surface area contributed by atoms with Gasteiger partial charge in [0.05, 0.1) is 4.70 Å². The lowest BCUT2D eigenvalue weighted by Crippen LogP contribution is -2.09. The molecule has 0 unspecified atom stereocenters. The number of oxazole rings is 1. The Morgan fingerprint density at radius 2 is 1.78 bits per heavy atom. The first kappa shape index (κ1) is 14.0. The van der Waals surface area contributed by atoms with Crippen LogP contribution in [0.5, 0.6) is 0 Å². The molecule has 0 saturated heterocycles. The highest BCUT2D eigenvalue weighted by Crippen LogP contribution is 2.26. The standard InChI is InChI=1S/C17H16N4OS/c1-4-9-15-12(6-1)16(21-23-15)18-10-5-11-19-17-20-13-7-2-3-8-14(13)22-17/h1-4,6-9H,5,10-11H2,(H,18,21)(H,19,20). The van der Waals surface area contributed by atoms with E-state index < -0.39 is 0 Å². The van der Waals surface area contributed by atoms with Crippen LogP contribution in [-0.2, 0) is 0 Å². The van der Waals surface area contributed by atoms with Gasteiger partial charge in [0, 0.05) is 18.5 Å². The Labute approximate surface area is 137 Å². The van der Waals surface area contributed by atoms with E-state index in [1.54, 1.807) is 0 Å². The van der Waals surface area contributed by atoms with Crippen LogP contribution in [-0.4, -0.2) is 22.4 Å². The molecule has 0 aliphatic carbocycles. The fourth-order valence-electron chi connectivity index (χ4n) is 2.45. The predicted molar refractivity (Wildman–Crippen MR) is 95.2 cm³/mol. The SMILES string of the molecule is c1ccc2oc(NCCCNc3nsc4ccccc34)nc2c1. The number of fused-ring (bicyclic) bond motifs is 2. The summed E-state index contributed by atoms with van der Waals surface area (Å²) in [5.41, 5.74) is 1.68. The highest BCUT2D eigenvalue weighted by molar-refractivity contribution is 7.13. The van der Waals surface area contributed by atoms with Gasteiger partial charge in [0.2, 0.25) is 0 Å². The van der Waals surface area contributed by atoms with Crippen molar-refractivity contribution in [3.8, 4) is 0 Å². The summed E-state index contributed by atoms with van der Waals surface area (Å²) in [5, 5.41) is 7.79. The van der Waals surface area contributed by atoms with Gasteiger partial charge in [-0.15, -0.1) is 0 Å². The molecule has 0 spiro atoms. The van der Waals surface area contributed by atoms with E-state index in [0.29, 0.717) is 6.01 Å². The molecule has 5 nitrogen and oxygen atoms in total. The molecule has 4 aromatic rings. The summed E-state index contributed by atoms with van der Waals surface area (Å²) in [4.78, 5) is 4.39. The Bertz CT molecular complexity index is 897. The van der Waals surface area contributed by atoms with Crippen LogP contribution in [0.1, 0.15) is 6.42 Å².